The molecule has 0 spiro atoms. The van der Waals surface area contributed by atoms with Crippen LogP contribution in [0.1, 0.15) is 69.9 Å². The number of unbranched alkanes of at least 4 members (excludes halogenated alkanes) is 2. The van der Waals surface area contributed by atoms with E-state index in [1.807, 2.05) is 12.1 Å². The molecule has 2 N–H and O–H groups in total. The first kappa shape index (κ1) is 20.9. The SMILES string of the molecule is CCCCN(CCCC)SC(NC(=O)O)c1cccc2c1OC(C)(C)C2. The maximum Gasteiger partial charge on any atom is 0.405 e. The Bertz CT molecular complexity index is 599. The highest BCUT2D eigenvalue weighted by Crippen LogP contribution is 2.43. The minimum atomic E-state index is -1.01. The molecule has 0 aliphatic carbocycles. The van der Waals surface area contributed by atoms with Gasteiger partial charge in [-0.3, -0.25) is 0 Å². The summed E-state index contributed by atoms with van der Waals surface area (Å²) in [4.78, 5) is 11.4. The van der Waals surface area contributed by atoms with Crippen molar-refractivity contribution in [1.29, 1.82) is 0 Å². The van der Waals surface area contributed by atoms with Gasteiger partial charge in [-0.1, -0.05) is 44.9 Å². The monoisotopic (exact) mass is 380 g/mol. The van der Waals surface area contributed by atoms with Crippen LogP contribution in [0.2, 0.25) is 0 Å². The van der Waals surface area contributed by atoms with Crippen molar-refractivity contribution >= 4 is 18.0 Å². The van der Waals surface area contributed by atoms with Gasteiger partial charge < -0.3 is 15.2 Å². The molecule has 1 aliphatic heterocycles. The summed E-state index contributed by atoms with van der Waals surface area (Å²) in [5.74, 6) is 0.842. The molecule has 26 heavy (non-hydrogen) atoms. The minimum Gasteiger partial charge on any atom is -0.487 e. The van der Waals surface area contributed by atoms with Crippen molar-refractivity contribution in [1.82, 2.24) is 9.62 Å². The number of nitrogens with zero attached hydrogens (tertiary/aromatic N) is 1. The summed E-state index contributed by atoms with van der Waals surface area (Å²) in [6.45, 7) is 10.4. The summed E-state index contributed by atoms with van der Waals surface area (Å²) in [5.41, 5.74) is 1.82. The van der Waals surface area contributed by atoms with E-state index in [1.165, 1.54) is 0 Å². The van der Waals surface area contributed by atoms with Gasteiger partial charge in [0.2, 0.25) is 0 Å². The molecule has 1 aromatic carbocycles. The Hall–Kier alpha value is -1.40. The lowest BCUT2D eigenvalue weighted by Gasteiger charge is -2.28. The predicted octanol–water partition coefficient (Wildman–Crippen LogP) is 5.22. The number of hydrogen-bond donors (Lipinski definition) is 2. The average molecular weight is 381 g/mol. The number of nitrogens with one attached hydrogen (secondary N) is 1. The molecule has 1 amide bonds. The number of rotatable bonds is 10. The Labute approximate surface area is 161 Å². The van der Waals surface area contributed by atoms with Crippen molar-refractivity contribution in [3.63, 3.8) is 0 Å². The van der Waals surface area contributed by atoms with Gasteiger partial charge in [0, 0.05) is 25.1 Å². The first-order valence-electron chi connectivity index (χ1n) is 9.58. The Morgan fingerprint density at radius 2 is 1.96 bits per heavy atom. The number of carbonyl (C=O) groups is 1. The molecule has 0 radical (unpaired) electrons. The van der Waals surface area contributed by atoms with Crippen LogP contribution in [0.3, 0.4) is 0 Å². The molecule has 1 aliphatic rings. The normalized spacial score (nSPS) is 16.2. The van der Waals surface area contributed by atoms with Crippen LogP contribution in [0.25, 0.3) is 0 Å². The number of ether oxygens (including phenoxy) is 1. The van der Waals surface area contributed by atoms with E-state index in [1.54, 1.807) is 11.9 Å². The van der Waals surface area contributed by atoms with Crippen LogP contribution in [0.15, 0.2) is 18.2 Å². The highest BCUT2D eigenvalue weighted by Gasteiger charge is 2.34. The second-order valence-electron chi connectivity index (χ2n) is 7.45. The second-order valence-corrected chi connectivity index (χ2v) is 8.64. The highest BCUT2D eigenvalue weighted by molar-refractivity contribution is 7.97. The van der Waals surface area contributed by atoms with E-state index in [9.17, 15) is 9.90 Å². The molecule has 1 atom stereocenters. The fraction of sp³-hybridized carbons (Fsp3) is 0.650. The van der Waals surface area contributed by atoms with Gasteiger partial charge in [-0.25, -0.2) is 9.10 Å². The molecule has 0 saturated heterocycles. The molecule has 1 unspecified atom stereocenters. The number of amides is 1. The smallest absolute Gasteiger partial charge is 0.405 e. The van der Waals surface area contributed by atoms with Gasteiger partial charge in [-0.2, -0.15) is 0 Å². The topological polar surface area (TPSA) is 61.8 Å². The van der Waals surface area contributed by atoms with E-state index in [0.29, 0.717) is 0 Å². The van der Waals surface area contributed by atoms with Crippen LogP contribution in [-0.2, 0) is 6.42 Å². The van der Waals surface area contributed by atoms with Crippen LogP contribution in [-0.4, -0.2) is 34.2 Å². The van der Waals surface area contributed by atoms with E-state index in [4.69, 9.17) is 4.74 Å². The van der Waals surface area contributed by atoms with Gasteiger partial charge in [0.15, 0.2) is 0 Å². The summed E-state index contributed by atoms with van der Waals surface area (Å²) < 4.78 is 8.47. The number of hydrogen-bond acceptors (Lipinski definition) is 4. The zero-order valence-corrected chi connectivity index (χ0v) is 17.2. The van der Waals surface area contributed by atoms with E-state index < -0.39 is 6.09 Å². The molecule has 0 saturated carbocycles. The van der Waals surface area contributed by atoms with Gasteiger partial charge in [0.25, 0.3) is 0 Å². The third-order valence-corrected chi connectivity index (χ3v) is 5.68. The second kappa shape index (κ2) is 9.51. The standard InChI is InChI=1S/C20H32N2O3S/c1-5-7-12-22(13-8-6-2)26-18(21-19(23)24)16-11-9-10-15-14-20(3,4)25-17(15)16/h9-11,18,21H,5-8,12-14H2,1-4H3,(H,23,24). The maximum atomic E-state index is 11.4. The highest BCUT2D eigenvalue weighted by atomic mass is 32.2. The summed E-state index contributed by atoms with van der Waals surface area (Å²) in [6, 6.07) is 6.05. The number of carboxylic acid groups (broad SMARTS) is 1. The number of benzene rings is 1. The Balaban J connectivity index is 2.25. The molecule has 2 rings (SSSR count). The fourth-order valence-electron chi connectivity index (χ4n) is 3.15. The third-order valence-electron chi connectivity index (χ3n) is 4.44. The zero-order valence-electron chi connectivity index (χ0n) is 16.4. The van der Waals surface area contributed by atoms with E-state index in [0.717, 1.165) is 62.1 Å². The molecule has 1 aromatic rings. The van der Waals surface area contributed by atoms with Crippen molar-refractivity contribution in [2.75, 3.05) is 13.1 Å². The van der Waals surface area contributed by atoms with Crippen LogP contribution >= 0.6 is 11.9 Å². The first-order chi connectivity index (χ1) is 12.4. The largest absolute Gasteiger partial charge is 0.487 e. The Kier molecular flexibility index (Phi) is 7.65. The van der Waals surface area contributed by atoms with Gasteiger partial charge in [-0.05, 0) is 44.2 Å². The van der Waals surface area contributed by atoms with Crippen molar-refractivity contribution in [3.8, 4) is 5.75 Å². The molecule has 6 heteroatoms. The molecule has 5 nitrogen and oxygen atoms in total. The summed E-state index contributed by atoms with van der Waals surface area (Å²) in [7, 11) is 0. The third kappa shape index (κ3) is 5.81. The quantitative estimate of drug-likeness (QED) is 0.430. The lowest BCUT2D eigenvalue weighted by Crippen LogP contribution is -2.30. The minimum absolute atomic E-state index is 0.249. The fourth-order valence-corrected chi connectivity index (χ4v) is 4.37. The lowest BCUT2D eigenvalue weighted by atomic mass is 10.0. The molecule has 1 heterocycles. The molecular formula is C20H32N2O3S. The molecule has 146 valence electrons. The van der Waals surface area contributed by atoms with E-state index in [2.05, 4.69) is 43.4 Å². The zero-order chi connectivity index (χ0) is 19.2. The lowest BCUT2D eigenvalue weighted by molar-refractivity contribution is 0.137. The molecule has 0 fully saturated rings. The van der Waals surface area contributed by atoms with Crippen molar-refractivity contribution < 1.29 is 14.6 Å². The number of fused-ring (bicyclic) bond motifs is 1. The Morgan fingerprint density at radius 1 is 1.31 bits per heavy atom. The molecule has 0 bridgehead atoms. The van der Waals surface area contributed by atoms with Gasteiger partial charge in [0.1, 0.15) is 16.7 Å². The molecular weight excluding hydrogens is 348 g/mol. The van der Waals surface area contributed by atoms with Crippen LogP contribution < -0.4 is 10.1 Å². The molecule has 0 aromatic heterocycles. The van der Waals surface area contributed by atoms with Gasteiger partial charge in [-0.15, -0.1) is 0 Å². The Morgan fingerprint density at radius 3 is 2.54 bits per heavy atom. The average Bonchev–Trinajstić information content (AvgIpc) is 2.89. The van der Waals surface area contributed by atoms with E-state index >= 15 is 0 Å². The summed E-state index contributed by atoms with van der Waals surface area (Å²) in [6.07, 6.45) is 4.29. The maximum absolute atomic E-state index is 11.4. The van der Waals surface area contributed by atoms with Crippen molar-refractivity contribution in [2.24, 2.45) is 0 Å². The van der Waals surface area contributed by atoms with E-state index in [-0.39, 0.29) is 11.0 Å². The van der Waals surface area contributed by atoms with Gasteiger partial charge >= 0.3 is 6.09 Å². The van der Waals surface area contributed by atoms with Crippen LogP contribution in [0, 0.1) is 0 Å². The van der Waals surface area contributed by atoms with Crippen LogP contribution in [0.4, 0.5) is 4.79 Å². The number of para-hydroxylation sites is 1. The summed E-state index contributed by atoms with van der Waals surface area (Å²) in [5, 5.41) is 11.7. The first-order valence-corrected chi connectivity index (χ1v) is 10.4. The predicted molar refractivity (Wildman–Crippen MR) is 108 cm³/mol. The van der Waals surface area contributed by atoms with Gasteiger partial charge in [0.05, 0.1) is 0 Å². The summed E-state index contributed by atoms with van der Waals surface area (Å²) >= 11 is 1.58. The van der Waals surface area contributed by atoms with Crippen LogP contribution in [0.5, 0.6) is 5.75 Å². The van der Waals surface area contributed by atoms with Crippen molar-refractivity contribution in [2.45, 2.75) is 70.8 Å². The van der Waals surface area contributed by atoms with Crippen molar-refractivity contribution in [3.05, 3.63) is 29.3 Å².